The number of aliphatic hydroxyl groups is 1. The summed E-state index contributed by atoms with van der Waals surface area (Å²) in [6.07, 6.45) is 1.49. The smallest absolute Gasteiger partial charge is 0.303 e. The zero-order valence-corrected chi connectivity index (χ0v) is 28.5. The van der Waals surface area contributed by atoms with Gasteiger partial charge in [-0.25, -0.2) is 4.39 Å². The number of carbonyl (C=O) groups is 3. The van der Waals surface area contributed by atoms with Gasteiger partial charge in [-0.2, -0.15) is 0 Å². The Hall–Kier alpha value is -4.06. The molecule has 0 radical (unpaired) electrons. The van der Waals surface area contributed by atoms with Crippen LogP contribution in [0.5, 0.6) is 5.75 Å². The highest BCUT2D eigenvalue weighted by Gasteiger charge is 2.40. The predicted octanol–water partition coefficient (Wildman–Crippen LogP) is 5.37. The van der Waals surface area contributed by atoms with Crippen molar-refractivity contribution < 1.29 is 33.7 Å². The normalized spacial score (nSPS) is 18.0. The van der Waals surface area contributed by atoms with Gasteiger partial charge in [-0.1, -0.05) is 54.6 Å². The summed E-state index contributed by atoms with van der Waals surface area (Å²) in [6.45, 7) is 1.28. The van der Waals surface area contributed by atoms with Crippen molar-refractivity contribution in [1.29, 1.82) is 0 Å². The quantitative estimate of drug-likeness (QED) is 0.192. The summed E-state index contributed by atoms with van der Waals surface area (Å²) >= 11 is 3.38. The Balaban J connectivity index is 1.32. The molecule has 2 bridgehead atoms. The summed E-state index contributed by atoms with van der Waals surface area (Å²) in [4.78, 5) is 41.5. The molecule has 3 aromatic carbocycles. The number of carboxylic acids is 1. The highest BCUT2D eigenvalue weighted by Crippen LogP contribution is 2.35. The number of ether oxygens (including phenoxy) is 1. The number of hydrogen-bond acceptors (Lipinski definition) is 6. The zero-order valence-electron chi connectivity index (χ0n) is 26.9. The number of halogens is 2. The van der Waals surface area contributed by atoms with E-state index in [1.54, 1.807) is 18.0 Å². The van der Waals surface area contributed by atoms with Gasteiger partial charge in [-0.05, 0) is 76.0 Å². The second-order valence-electron chi connectivity index (χ2n) is 12.4. The van der Waals surface area contributed by atoms with E-state index in [0.29, 0.717) is 47.5 Å². The van der Waals surface area contributed by atoms with E-state index in [9.17, 15) is 23.9 Å². The third-order valence-electron chi connectivity index (χ3n) is 8.81. The van der Waals surface area contributed by atoms with E-state index in [0.717, 1.165) is 29.5 Å². The minimum absolute atomic E-state index is 0.0686. The molecule has 3 N–H and O–H groups in total. The van der Waals surface area contributed by atoms with Crippen molar-refractivity contribution in [3.05, 3.63) is 105 Å². The molecular formula is C37H41BrFN3O6. The van der Waals surface area contributed by atoms with Gasteiger partial charge in [0.05, 0.1) is 29.8 Å². The minimum atomic E-state index is -0.933. The van der Waals surface area contributed by atoms with Crippen LogP contribution in [0, 0.1) is 5.82 Å². The van der Waals surface area contributed by atoms with E-state index in [2.05, 4.69) is 21.2 Å². The van der Waals surface area contributed by atoms with E-state index < -0.39 is 18.1 Å². The Kier molecular flexibility index (Phi) is 12.0. The number of aliphatic hydroxyl groups excluding tert-OH is 1. The number of carboxylic acid groups (broad SMARTS) is 1. The Bertz CT molecular complexity index is 1630. The van der Waals surface area contributed by atoms with Crippen LogP contribution in [0.1, 0.15) is 54.9 Å². The number of rotatable bonds is 14. The maximum atomic E-state index is 14.2. The topological polar surface area (TPSA) is 119 Å². The Morgan fingerprint density at radius 1 is 1.04 bits per heavy atom. The lowest BCUT2D eigenvalue weighted by molar-refractivity contribution is -0.138. The molecule has 0 spiro atoms. The number of aliphatic carboxylic acids is 1. The SMILES string of the molecule is CN(C[C@H](O)c1ccccc1)C(=O)C1=C(c2ccc(CCCOc3cc(F)ccc3Br)cc2)C[C@@H]2CN(C(=O)CCCC(=O)O)C[C@H]1N2. The molecule has 48 heavy (non-hydrogen) atoms. The van der Waals surface area contributed by atoms with Crippen LogP contribution in [0.25, 0.3) is 5.57 Å². The van der Waals surface area contributed by atoms with Crippen molar-refractivity contribution >= 4 is 39.3 Å². The van der Waals surface area contributed by atoms with Gasteiger partial charge in [0.15, 0.2) is 0 Å². The van der Waals surface area contributed by atoms with Gasteiger partial charge in [0.2, 0.25) is 5.91 Å². The molecule has 2 aliphatic heterocycles. The predicted molar refractivity (Wildman–Crippen MR) is 184 cm³/mol. The van der Waals surface area contributed by atoms with Gasteiger partial charge in [-0.3, -0.25) is 14.4 Å². The van der Waals surface area contributed by atoms with Crippen LogP contribution in [0.4, 0.5) is 4.39 Å². The second kappa shape index (κ2) is 16.4. The Morgan fingerprint density at radius 2 is 1.79 bits per heavy atom. The molecule has 5 rings (SSSR count). The van der Waals surface area contributed by atoms with Gasteiger partial charge in [0, 0.05) is 50.7 Å². The number of fused-ring (bicyclic) bond motifs is 2. The average Bonchev–Trinajstić information content (AvgIpc) is 3.08. The molecule has 2 heterocycles. The molecular weight excluding hydrogens is 681 g/mol. The Labute approximate surface area is 288 Å². The first-order chi connectivity index (χ1) is 23.1. The summed E-state index contributed by atoms with van der Waals surface area (Å²) in [5, 5.41) is 23.4. The monoisotopic (exact) mass is 721 g/mol. The van der Waals surface area contributed by atoms with E-state index in [1.165, 1.54) is 17.0 Å². The molecule has 0 aliphatic carbocycles. The van der Waals surface area contributed by atoms with Crippen molar-refractivity contribution in [1.82, 2.24) is 15.1 Å². The lowest BCUT2D eigenvalue weighted by atomic mass is 9.82. The number of piperazine rings is 1. The number of nitrogens with one attached hydrogen (secondary N) is 1. The lowest BCUT2D eigenvalue weighted by Crippen LogP contribution is -2.62. The molecule has 9 nitrogen and oxygen atoms in total. The average molecular weight is 723 g/mol. The number of aryl methyl sites for hydroxylation is 1. The second-order valence-corrected chi connectivity index (χ2v) is 13.2. The fraction of sp³-hybridized carbons (Fsp3) is 0.378. The van der Waals surface area contributed by atoms with E-state index in [1.807, 2.05) is 54.6 Å². The third-order valence-corrected chi connectivity index (χ3v) is 9.47. The van der Waals surface area contributed by atoms with Crippen LogP contribution in [-0.4, -0.2) is 83.2 Å². The van der Waals surface area contributed by atoms with Crippen molar-refractivity contribution in [2.45, 2.75) is 56.7 Å². The molecule has 3 atom stereocenters. The summed E-state index contributed by atoms with van der Waals surface area (Å²) in [5.41, 5.74) is 4.23. The van der Waals surface area contributed by atoms with E-state index >= 15 is 0 Å². The Morgan fingerprint density at radius 3 is 2.52 bits per heavy atom. The maximum absolute atomic E-state index is 14.2. The number of carbonyl (C=O) groups excluding carboxylic acids is 2. The number of likely N-dealkylation sites (N-methyl/N-ethyl adjacent to an activating group) is 1. The summed E-state index contributed by atoms with van der Waals surface area (Å²) in [5.74, 6) is -1.16. The molecule has 2 amide bonds. The van der Waals surface area contributed by atoms with Gasteiger partial charge in [0.1, 0.15) is 11.6 Å². The van der Waals surface area contributed by atoms with Gasteiger partial charge >= 0.3 is 5.97 Å². The standard InChI is InChI=1S/C37H41BrFN3O6/c1-41(23-32(43)26-8-3-2-4-9-26)37(47)36-29(20-28-21-42(22-31(36)40-28)34(44)10-5-11-35(45)46)25-14-12-24(13-15-25)7-6-18-48-33-19-27(39)16-17-30(33)38/h2-4,8-9,12-17,19,28,31-32,40,43H,5-7,10-11,18,20-23H2,1H3,(H,45,46)/t28-,31-,32+/m1/s1. The first-order valence-electron chi connectivity index (χ1n) is 16.2. The molecule has 0 saturated carbocycles. The molecule has 0 aromatic heterocycles. The van der Waals surface area contributed by atoms with Crippen molar-refractivity contribution in [2.75, 3.05) is 33.3 Å². The van der Waals surface area contributed by atoms with Crippen LogP contribution >= 0.6 is 15.9 Å². The summed E-state index contributed by atoms with van der Waals surface area (Å²) in [7, 11) is 1.68. The molecule has 2 aliphatic rings. The number of benzene rings is 3. The third kappa shape index (κ3) is 9.09. The lowest BCUT2D eigenvalue weighted by Gasteiger charge is -2.45. The highest BCUT2D eigenvalue weighted by atomic mass is 79.9. The minimum Gasteiger partial charge on any atom is -0.492 e. The molecule has 0 unspecified atom stereocenters. The summed E-state index contributed by atoms with van der Waals surface area (Å²) < 4.78 is 20.0. The highest BCUT2D eigenvalue weighted by molar-refractivity contribution is 9.10. The molecule has 1 fully saturated rings. The summed E-state index contributed by atoms with van der Waals surface area (Å²) in [6, 6.07) is 21.2. The number of hydrogen-bond donors (Lipinski definition) is 3. The number of nitrogens with zero attached hydrogens (tertiary/aromatic N) is 2. The molecule has 254 valence electrons. The number of amides is 2. The first kappa shape index (κ1) is 35.3. The van der Waals surface area contributed by atoms with Crippen LogP contribution in [0.3, 0.4) is 0 Å². The first-order valence-corrected chi connectivity index (χ1v) is 17.0. The molecule has 11 heteroatoms. The van der Waals surface area contributed by atoms with Crippen molar-refractivity contribution in [3.8, 4) is 5.75 Å². The van der Waals surface area contributed by atoms with E-state index in [4.69, 9.17) is 9.84 Å². The maximum Gasteiger partial charge on any atom is 0.303 e. The van der Waals surface area contributed by atoms with Crippen molar-refractivity contribution in [2.24, 2.45) is 0 Å². The molecule has 1 saturated heterocycles. The van der Waals surface area contributed by atoms with Crippen LogP contribution in [0.15, 0.2) is 82.8 Å². The van der Waals surface area contributed by atoms with Crippen LogP contribution in [-0.2, 0) is 20.8 Å². The van der Waals surface area contributed by atoms with E-state index in [-0.39, 0.29) is 49.5 Å². The zero-order chi connectivity index (χ0) is 34.2. The van der Waals surface area contributed by atoms with Crippen LogP contribution < -0.4 is 10.1 Å². The fourth-order valence-corrected chi connectivity index (χ4v) is 6.73. The largest absolute Gasteiger partial charge is 0.492 e. The van der Waals surface area contributed by atoms with Crippen molar-refractivity contribution in [3.63, 3.8) is 0 Å². The van der Waals surface area contributed by atoms with Crippen LogP contribution in [0.2, 0.25) is 0 Å². The van der Waals surface area contributed by atoms with Gasteiger partial charge in [-0.15, -0.1) is 0 Å². The fourth-order valence-electron chi connectivity index (χ4n) is 6.37. The molecule has 3 aromatic rings. The van der Waals surface area contributed by atoms with Gasteiger partial charge in [0.25, 0.3) is 5.91 Å². The van der Waals surface area contributed by atoms with Gasteiger partial charge < -0.3 is 30.1 Å².